The average Bonchev–Trinajstić information content (AvgIpc) is 2.73. The molecule has 1 atom stereocenters. The van der Waals surface area contributed by atoms with Crippen molar-refractivity contribution in [3.63, 3.8) is 0 Å². The van der Waals surface area contributed by atoms with Crippen molar-refractivity contribution < 1.29 is 18.0 Å². The van der Waals surface area contributed by atoms with Crippen molar-refractivity contribution in [3.8, 4) is 0 Å². The van der Waals surface area contributed by atoms with Gasteiger partial charge in [-0.1, -0.05) is 0 Å². The van der Waals surface area contributed by atoms with Crippen molar-refractivity contribution in [3.05, 3.63) is 35.4 Å². The third kappa shape index (κ3) is 3.43. The Kier molecular flexibility index (Phi) is 5.13. The van der Waals surface area contributed by atoms with Crippen molar-refractivity contribution in [1.82, 2.24) is 9.80 Å². The standard InChI is InChI=1S/C18H23F3N2O/c19-8-11-23-17(24)4-6-18(23)5-1-9-22(10-7-18)13-14-12-15(20)2-3-16(14)21/h2-3,12H,1,4-11,13H2/t18-/m1/s1. The molecule has 0 aromatic heterocycles. The second-order valence-electron chi connectivity index (χ2n) is 6.82. The molecule has 2 aliphatic heterocycles. The second-order valence-corrected chi connectivity index (χ2v) is 6.82. The molecule has 1 aromatic carbocycles. The molecule has 24 heavy (non-hydrogen) atoms. The van der Waals surface area contributed by atoms with E-state index in [2.05, 4.69) is 4.90 Å². The number of hydrogen-bond donors (Lipinski definition) is 0. The summed E-state index contributed by atoms with van der Waals surface area (Å²) in [6, 6.07) is 3.52. The van der Waals surface area contributed by atoms with Crippen LogP contribution in [0, 0.1) is 11.6 Å². The minimum Gasteiger partial charge on any atom is -0.334 e. The van der Waals surface area contributed by atoms with Crippen molar-refractivity contribution in [1.29, 1.82) is 0 Å². The number of nitrogens with zero attached hydrogens (tertiary/aromatic N) is 2. The molecule has 0 radical (unpaired) electrons. The Balaban J connectivity index is 1.69. The van der Waals surface area contributed by atoms with Crippen LogP contribution in [-0.2, 0) is 11.3 Å². The molecule has 3 rings (SSSR count). The molecule has 3 nitrogen and oxygen atoms in total. The summed E-state index contributed by atoms with van der Waals surface area (Å²) in [7, 11) is 0. The molecule has 2 aliphatic rings. The number of likely N-dealkylation sites (tertiary alicyclic amines) is 2. The lowest BCUT2D eigenvalue weighted by Gasteiger charge is -2.37. The highest BCUT2D eigenvalue weighted by molar-refractivity contribution is 5.79. The zero-order valence-corrected chi connectivity index (χ0v) is 13.7. The molecule has 2 heterocycles. The predicted molar refractivity (Wildman–Crippen MR) is 85.1 cm³/mol. The van der Waals surface area contributed by atoms with Crippen LogP contribution in [-0.4, -0.2) is 47.6 Å². The Bertz CT molecular complexity index is 610. The highest BCUT2D eigenvalue weighted by atomic mass is 19.1. The molecule has 0 saturated carbocycles. The van der Waals surface area contributed by atoms with Gasteiger partial charge in [0.1, 0.15) is 18.3 Å². The molecule has 0 unspecified atom stereocenters. The second kappa shape index (κ2) is 7.13. The lowest BCUT2D eigenvalue weighted by molar-refractivity contribution is -0.131. The number of rotatable bonds is 4. The first kappa shape index (κ1) is 17.3. The predicted octanol–water partition coefficient (Wildman–Crippen LogP) is 3.28. The van der Waals surface area contributed by atoms with Crippen molar-refractivity contribution in [2.45, 2.75) is 44.2 Å². The van der Waals surface area contributed by atoms with Crippen LogP contribution >= 0.6 is 0 Å². The summed E-state index contributed by atoms with van der Waals surface area (Å²) in [6.45, 7) is 1.47. The Hall–Kier alpha value is -1.56. The van der Waals surface area contributed by atoms with E-state index in [9.17, 15) is 18.0 Å². The molecule has 6 heteroatoms. The maximum absolute atomic E-state index is 13.8. The van der Waals surface area contributed by atoms with E-state index in [4.69, 9.17) is 0 Å². The first-order chi connectivity index (χ1) is 11.5. The Morgan fingerprint density at radius 1 is 1.12 bits per heavy atom. The fraction of sp³-hybridized carbons (Fsp3) is 0.611. The van der Waals surface area contributed by atoms with Crippen molar-refractivity contribution in [2.24, 2.45) is 0 Å². The van der Waals surface area contributed by atoms with Gasteiger partial charge in [0.2, 0.25) is 5.91 Å². The molecule has 1 amide bonds. The van der Waals surface area contributed by atoms with Crippen LogP contribution in [0.5, 0.6) is 0 Å². The maximum atomic E-state index is 13.8. The zero-order chi connectivity index (χ0) is 17.2. The van der Waals surface area contributed by atoms with E-state index in [-0.39, 0.29) is 18.0 Å². The van der Waals surface area contributed by atoms with Gasteiger partial charge in [0.15, 0.2) is 0 Å². The SMILES string of the molecule is O=C1CC[C@@]2(CCCN(Cc3cc(F)ccc3F)CC2)N1CCF. The number of carbonyl (C=O) groups is 1. The van der Waals surface area contributed by atoms with Gasteiger partial charge in [0, 0.05) is 37.2 Å². The molecule has 0 bridgehead atoms. The number of hydrogen-bond acceptors (Lipinski definition) is 2. The minimum absolute atomic E-state index is 0.0391. The van der Waals surface area contributed by atoms with Crippen LogP contribution in [0.4, 0.5) is 13.2 Å². The Morgan fingerprint density at radius 2 is 1.96 bits per heavy atom. The van der Waals surface area contributed by atoms with Gasteiger partial charge in [-0.2, -0.15) is 0 Å². The lowest BCUT2D eigenvalue weighted by atomic mass is 9.88. The number of halogens is 3. The van der Waals surface area contributed by atoms with Crippen molar-refractivity contribution in [2.75, 3.05) is 26.3 Å². The normalized spacial score (nSPS) is 25.5. The van der Waals surface area contributed by atoms with E-state index < -0.39 is 18.3 Å². The third-order valence-corrected chi connectivity index (χ3v) is 5.40. The first-order valence-corrected chi connectivity index (χ1v) is 8.57. The largest absolute Gasteiger partial charge is 0.334 e. The van der Waals surface area contributed by atoms with Gasteiger partial charge < -0.3 is 4.90 Å². The quantitative estimate of drug-likeness (QED) is 0.840. The Labute approximate surface area is 140 Å². The van der Waals surface area contributed by atoms with Crippen LogP contribution < -0.4 is 0 Å². The number of alkyl halides is 1. The summed E-state index contributed by atoms with van der Waals surface area (Å²) >= 11 is 0. The number of carbonyl (C=O) groups excluding carboxylic acids is 1. The highest BCUT2D eigenvalue weighted by Gasteiger charge is 2.45. The van der Waals surface area contributed by atoms with E-state index in [0.29, 0.717) is 25.1 Å². The summed E-state index contributed by atoms with van der Waals surface area (Å²) in [4.78, 5) is 15.9. The monoisotopic (exact) mass is 340 g/mol. The summed E-state index contributed by atoms with van der Waals surface area (Å²) in [5.74, 6) is -0.795. The van der Waals surface area contributed by atoms with E-state index in [0.717, 1.165) is 44.4 Å². The average molecular weight is 340 g/mol. The van der Waals surface area contributed by atoms with Gasteiger partial charge in [0.25, 0.3) is 0 Å². The smallest absolute Gasteiger partial charge is 0.223 e. The third-order valence-electron chi connectivity index (χ3n) is 5.40. The maximum Gasteiger partial charge on any atom is 0.223 e. The fourth-order valence-electron chi connectivity index (χ4n) is 4.14. The molecule has 0 aliphatic carbocycles. The van der Waals surface area contributed by atoms with Gasteiger partial charge >= 0.3 is 0 Å². The highest BCUT2D eigenvalue weighted by Crippen LogP contribution is 2.39. The van der Waals surface area contributed by atoms with Crippen LogP contribution in [0.2, 0.25) is 0 Å². The molecule has 132 valence electrons. The molecule has 2 fully saturated rings. The van der Waals surface area contributed by atoms with Gasteiger partial charge in [0.05, 0.1) is 0 Å². The van der Waals surface area contributed by atoms with Crippen LogP contribution in [0.25, 0.3) is 0 Å². The first-order valence-electron chi connectivity index (χ1n) is 8.57. The molecule has 1 spiro atoms. The van der Waals surface area contributed by atoms with Gasteiger partial charge in [-0.15, -0.1) is 0 Å². The van der Waals surface area contributed by atoms with Crippen LogP contribution in [0.15, 0.2) is 18.2 Å². The molecular weight excluding hydrogens is 317 g/mol. The van der Waals surface area contributed by atoms with Crippen LogP contribution in [0.1, 0.15) is 37.7 Å². The van der Waals surface area contributed by atoms with E-state index in [1.165, 1.54) is 6.07 Å². The topological polar surface area (TPSA) is 23.6 Å². The summed E-state index contributed by atoms with van der Waals surface area (Å²) in [6.07, 6.45) is 3.73. The Morgan fingerprint density at radius 3 is 2.75 bits per heavy atom. The van der Waals surface area contributed by atoms with Gasteiger partial charge in [-0.05, 0) is 50.4 Å². The zero-order valence-electron chi connectivity index (χ0n) is 13.7. The minimum atomic E-state index is -0.522. The van der Waals surface area contributed by atoms with Crippen molar-refractivity contribution >= 4 is 5.91 Å². The summed E-state index contributed by atoms with van der Waals surface area (Å²) in [5, 5.41) is 0. The summed E-state index contributed by atoms with van der Waals surface area (Å²) < 4.78 is 40.0. The molecule has 2 saturated heterocycles. The molecule has 1 aromatic rings. The van der Waals surface area contributed by atoms with Crippen LogP contribution in [0.3, 0.4) is 0 Å². The molecular formula is C18H23F3N2O. The van der Waals surface area contributed by atoms with Gasteiger partial charge in [-0.25, -0.2) is 13.2 Å². The van der Waals surface area contributed by atoms with Gasteiger partial charge in [-0.3, -0.25) is 9.69 Å². The lowest BCUT2D eigenvalue weighted by Crippen LogP contribution is -2.47. The van der Waals surface area contributed by atoms with E-state index >= 15 is 0 Å². The fourth-order valence-corrected chi connectivity index (χ4v) is 4.14. The van der Waals surface area contributed by atoms with E-state index in [1.54, 1.807) is 4.90 Å². The number of amides is 1. The summed E-state index contributed by atoms with van der Waals surface area (Å²) in [5.41, 5.74) is 0.104. The molecule has 0 N–H and O–H groups in total. The van der Waals surface area contributed by atoms with E-state index in [1.807, 2.05) is 0 Å². The number of benzene rings is 1.